The molecule has 0 saturated heterocycles. The predicted octanol–water partition coefficient (Wildman–Crippen LogP) is 2.98. The molecule has 164 valence electrons. The molecule has 32 heavy (non-hydrogen) atoms. The summed E-state index contributed by atoms with van der Waals surface area (Å²) in [6.45, 7) is 1.09. The fourth-order valence-electron chi connectivity index (χ4n) is 3.72. The number of nitro groups is 1. The van der Waals surface area contributed by atoms with Crippen LogP contribution in [-0.4, -0.2) is 40.8 Å². The lowest BCUT2D eigenvalue weighted by molar-refractivity contribution is -0.384. The first-order chi connectivity index (χ1) is 15.5. The zero-order valence-corrected chi connectivity index (χ0v) is 17.2. The number of hydrogen-bond acceptors (Lipinski definition) is 6. The Kier molecular flexibility index (Phi) is 6.16. The Labute approximate surface area is 184 Å². The minimum absolute atomic E-state index is 0.0164. The maximum Gasteiger partial charge on any atom is 0.290 e. The summed E-state index contributed by atoms with van der Waals surface area (Å²) >= 11 is 0. The van der Waals surface area contributed by atoms with E-state index in [2.05, 4.69) is 10.6 Å². The van der Waals surface area contributed by atoms with Gasteiger partial charge in [-0.05, 0) is 35.4 Å². The van der Waals surface area contributed by atoms with Crippen LogP contribution in [0.3, 0.4) is 0 Å². The van der Waals surface area contributed by atoms with Gasteiger partial charge in [-0.3, -0.25) is 19.7 Å². The van der Waals surface area contributed by atoms with Crippen molar-refractivity contribution in [3.63, 3.8) is 0 Å². The molecule has 1 unspecified atom stereocenters. The highest BCUT2D eigenvalue weighted by molar-refractivity contribution is 5.96. The second kappa shape index (κ2) is 9.34. The van der Waals surface area contributed by atoms with Crippen LogP contribution >= 0.6 is 0 Å². The van der Waals surface area contributed by atoms with Crippen molar-refractivity contribution in [3.8, 4) is 0 Å². The van der Waals surface area contributed by atoms with Gasteiger partial charge in [-0.2, -0.15) is 0 Å². The molecule has 0 fully saturated rings. The maximum absolute atomic E-state index is 13.0. The van der Waals surface area contributed by atoms with Crippen molar-refractivity contribution in [2.24, 2.45) is 0 Å². The van der Waals surface area contributed by atoms with Crippen LogP contribution in [0.5, 0.6) is 0 Å². The number of non-ortho nitro benzene ring substituents is 1. The molecule has 1 aromatic heterocycles. The highest BCUT2D eigenvalue weighted by Crippen LogP contribution is 2.25. The summed E-state index contributed by atoms with van der Waals surface area (Å²) in [5, 5.41) is 16.7. The van der Waals surface area contributed by atoms with Crippen LogP contribution in [0.1, 0.15) is 21.7 Å². The summed E-state index contributed by atoms with van der Waals surface area (Å²) < 4.78 is 5.26. The fourth-order valence-corrected chi connectivity index (χ4v) is 3.72. The van der Waals surface area contributed by atoms with E-state index in [0.29, 0.717) is 31.7 Å². The summed E-state index contributed by atoms with van der Waals surface area (Å²) in [4.78, 5) is 37.8. The van der Waals surface area contributed by atoms with E-state index in [4.69, 9.17) is 4.42 Å². The van der Waals surface area contributed by atoms with E-state index in [1.54, 1.807) is 29.2 Å². The standard InChI is InChI=1S/C23H22N4O5/c28-22(25-12-11-24-18-7-9-19(10-8-18)27(30)31)20-14-16-4-1-2-5-17(16)15-26(20)23(29)21-6-3-13-32-21/h1-10,13,20,24H,11-12,14-15H2,(H,25,28). The zero-order valence-electron chi connectivity index (χ0n) is 17.2. The minimum atomic E-state index is -0.651. The molecule has 1 atom stereocenters. The maximum atomic E-state index is 13.0. The van der Waals surface area contributed by atoms with Gasteiger partial charge in [0.05, 0.1) is 11.2 Å². The minimum Gasteiger partial charge on any atom is -0.459 e. The van der Waals surface area contributed by atoms with Crippen molar-refractivity contribution in [1.82, 2.24) is 10.2 Å². The molecule has 0 saturated carbocycles. The molecular weight excluding hydrogens is 412 g/mol. The van der Waals surface area contributed by atoms with Crippen molar-refractivity contribution in [2.45, 2.75) is 19.0 Å². The Morgan fingerprint density at radius 2 is 1.78 bits per heavy atom. The number of rotatable bonds is 7. The van der Waals surface area contributed by atoms with Gasteiger partial charge in [0.1, 0.15) is 6.04 Å². The molecule has 2 amide bonds. The van der Waals surface area contributed by atoms with Gasteiger partial charge in [-0.25, -0.2) is 0 Å². The number of nitro benzene ring substituents is 1. The summed E-state index contributed by atoms with van der Waals surface area (Å²) in [7, 11) is 0. The first kappa shape index (κ1) is 21.1. The molecule has 2 N–H and O–H groups in total. The number of anilines is 1. The van der Waals surface area contributed by atoms with Crippen LogP contribution in [0.15, 0.2) is 71.3 Å². The molecule has 2 heterocycles. The van der Waals surface area contributed by atoms with Crippen molar-refractivity contribution in [3.05, 3.63) is 93.9 Å². The van der Waals surface area contributed by atoms with Gasteiger partial charge < -0.3 is 20.0 Å². The van der Waals surface area contributed by atoms with Crippen LogP contribution in [-0.2, 0) is 17.8 Å². The molecular formula is C23H22N4O5. The van der Waals surface area contributed by atoms with Crippen molar-refractivity contribution in [2.75, 3.05) is 18.4 Å². The summed E-state index contributed by atoms with van der Waals surface area (Å²) in [5.41, 5.74) is 2.78. The van der Waals surface area contributed by atoms with Gasteiger partial charge in [0.25, 0.3) is 11.6 Å². The number of carbonyl (C=O) groups excluding carboxylic acids is 2. The number of hydrogen-bond donors (Lipinski definition) is 2. The lowest BCUT2D eigenvalue weighted by atomic mass is 9.93. The Morgan fingerprint density at radius 1 is 1.03 bits per heavy atom. The monoisotopic (exact) mass is 434 g/mol. The van der Waals surface area contributed by atoms with Gasteiger partial charge in [-0.15, -0.1) is 0 Å². The van der Waals surface area contributed by atoms with Crippen LogP contribution in [0, 0.1) is 10.1 Å². The molecule has 1 aliphatic rings. The summed E-state index contributed by atoms with van der Waals surface area (Å²) in [6.07, 6.45) is 1.86. The van der Waals surface area contributed by atoms with Crippen molar-refractivity contribution in [1.29, 1.82) is 0 Å². The molecule has 1 aliphatic heterocycles. The third kappa shape index (κ3) is 4.61. The van der Waals surface area contributed by atoms with E-state index in [0.717, 1.165) is 11.1 Å². The molecule has 0 bridgehead atoms. The topological polar surface area (TPSA) is 118 Å². The Hall–Kier alpha value is -4.14. The predicted molar refractivity (Wildman–Crippen MR) is 117 cm³/mol. The summed E-state index contributed by atoms with van der Waals surface area (Å²) in [6, 6.07) is 16.4. The second-order valence-electron chi connectivity index (χ2n) is 7.42. The van der Waals surface area contributed by atoms with Crippen LogP contribution in [0.2, 0.25) is 0 Å². The Bertz CT molecular complexity index is 1110. The molecule has 0 aliphatic carbocycles. The summed E-state index contributed by atoms with van der Waals surface area (Å²) in [5.74, 6) is -0.374. The largest absolute Gasteiger partial charge is 0.459 e. The molecule has 9 nitrogen and oxygen atoms in total. The number of benzene rings is 2. The normalized spacial score (nSPS) is 15.0. The van der Waals surface area contributed by atoms with Crippen molar-refractivity contribution < 1.29 is 18.9 Å². The van der Waals surface area contributed by atoms with E-state index < -0.39 is 11.0 Å². The van der Waals surface area contributed by atoms with E-state index in [1.807, 2.05) is 24.3 Å². The highest BCUT2D eigenvalue weighted by atomic mass is 16.6. The van der Waals surface area contributed by atoms with E-state index in [-0.39, 0.29) is 23.3 Å². The quantitative estimate of drug-likeness (QED) is 0.335. The molecule has 0 radical (unpaired) electrons. The third-order valence-corrected chi connectivity index (χ3v) is 5.38. The van der Waals surface area contributed by atoms with Crippen LogP contribution in [0.25, 0.3) is 0 Å². The van der Waals surface area contributed by atoms with Crippen LogP contribution in [0.4, 0.5) is 11.4 Å². The van der Waals surface area contributed by atoms with Gasteiger partial charge in [0, 0.05) is 43.9 Å². The van der Waals surface area contributed by atoms with Crippen molar-refractivity contribution >= 4 is 23.2 Å². The number of amides is 2. The van der Waals surface area contributed by atoms with Gasteiger partial charge >= 0.3 is 0 Å². The van der Waals surface area contributed by atoms with Gasteiger partial charge in [-0.1, -0.05) is 24.3 Å². The molecule has 2 aromatic carbocycles. The Balaban J connectivity index is 1.38. The number of carbonyl (C=O) groups is 2. The van der Waals surface area contributed by atoms with Gasteiger partial charge in [0.15, 0.2) is 5.76 Å². The molecule has 4 rings (SSSR count). The van der Waals surface area contributed by atoms with Crippen LogP contribution < -0.4 is 10.6 Å². The number of nitrogens with one attached hydrogen (secondary N) is 2. The number of fused-ring (bicyclic) bond motifs is 1. The SMILES string of the molecule is O=C(NCCNc1ccc([N+](=O)[O-])cc1)C1Cc2ccccc2CN1C(=O)c1ccco1. The Morgan fingerprint density at radius 3 is 2.47 bits per heavy atom. The molecule has 3 aromatic rings. The first-order valence-electron chi connectivity index (χ1n) is 10.2. The van der Waals surface area contributed by atoms with E-state index in [1.165, 1.54) is 18.4 Å². The lowest BCUT2D eigenvalue weighted by Gasteiger charge is -2.35. The highest BCUT2D eigenvalue weighted by Gasteiger charge is 2.35. The number of furan rings is 1. The van der Waals surface area contributed by atoms with E-state index >= 15 is 0 Å². The molecule has 9 heteroatoms. The number of nitrogens with zero attached hydrogens (tertiary/aromatic N) is 2. The lowest BCUT2D eigenvalue weighted by Crippen LogP contribution is -2.53. The zero-order chi connectivity index (χ0) is 22.5. The fraction of sp³-hybridized carbons (Fsp3) is 0.217. The van der Waals surface area contributed by atoms with E-state index in [9.17, 15) is 19.7 Å². The average Bonchev–Trinajstić information content (AvgIpc) is 3.35. The smallest absolute Gasteiger partial charge is 0.290 e. The van der Waals surface area contributed by atoms with Gasteiger partial charge in [0.2, 0.25) is 5.91 Å². The third-order valence-electron chi connectivity index (χ3n) is 5.38. The second-order valence-corrected chi connectivity index (χ2v) is 7.42. The first-order valence-corrected chi connectivity index (χ1v) is 10.2. The average molecular weight is 434 g/mol. The molecule has 0 spiro atoms.